The van der Waals surface area contributed by atoms with Crippen LogP contribution in [0.3, 0.4) is 0 Å². The van der Waals surface area contributed by atoms with Gasteiger partial charge in [-0.15, -0.1) is 0 Å². The Bertz CT molecular complexity index is 762. The standard InChI is InChI=1S/C17H19F2N5O/c18-12-4-5-14(19)15(10-12)23-17(20)21-11-13-2-1-3-16(22-13)24-6-8-25-9-7-24/h1-5,10H,6-9,11H2,(H3,20,21,23). The Labute approximate surface area is 144 Å². The van der Waals surface area contributed by atoms with E-state index in [2.05, 4.69) is 20.2 Å². The lowest BCUT2D eigenvalue weighted by molar-refractivity contribution is 0.122. The number of nitrogens with zero attached hydrogens (tertiary/aromatic N) is 3. The van der Waals surface area contributed by atoms with Gasteiger partial charge in [0.2, 0.25) is 0 Å². The highest BCUT2D eigenvalue weighted by Gasteiger charge is 2.12. The molecular formula is C17H19F2N5O. The first-order valence-electron chi connectivity index (χ1n) is 7.92. The zero-order valence-corrected chi connectivity index (χ0v) is 13.6. The number of nitrogens with one attached hydrogen (secondary N) is 1. The maximum absolute atomic E-state index is 13.6. The van der Waals surface area contributed by atoms with Gasteiger partial charge in [-0.1, -0.05) is 6.07 Å². The normalized spacial score (nSPS) is 15.3. The van der Waals surface area contributed by atoms with E-state index in [0.717, 1.165) is 42.8 Å². The Balaban J connectivity index is 1.65. The first-order valence-corrected chi connectivity index (χ1v) is 7.92. The first-order chi connectivity index (χ1) is 12.1. The van der Waals surface area contributed by atoms with Gasteiger partial charge in [0.1, 0.15) is 17.5 Å². The number of aliphatic imine (C=N–C) groups is 1. The molecule has 1 fully saturated rings. The van der Waals surface area contributed by atoms with Crippen LogP contribution in [0.4, 0.5) is 20.3 Å². The summed E-state index contributed by atoms with van der Waals surface area (Å²) in [5, 5.41) is 2.56. The van der Waals surface area contributed by atoms with Crippen molar-refractivity contribution in [1.82, 2.24) is 4.98 Å². The maximum atomic E-state index is 13.6. The fourth-order valence-corrected chi connectivity index (χ4v) is 2.46. The van der Waals surface area contributed by atoms with Gasteiger partial charge in [-0.2, -0.15) is 0 Å². The van der Waals surface area contributed by atoms with Gasteiger partial charge in [-0.3, -0.25) is 0 Å². The molecule has 2 heterocycles. The summed E-state index contributed by atoms with van der Waals surface area (Å²) in [6.07, 6.45) is 0. The van der Waals surface area contributed by atoms with E-state index in [1.165, 1.54) is 0 Å². The molecule has 3 N–H and O–H groups in total. The average molecular weight is 347 g/mol. The highest BCUT2D eigenvalue weighted by Crippen LogP contribution is 2.16. The van der Waals surface area contributed by atoms with Crippen LogP contribution in [0.1, 0.15) is 5.69 Å². The van der Waals surface area contributed by atoms with Crippen LogP contribution in [-0.4, -0.2) is 37.2 Å². The lowest BCUT2D eigenvalue weighted by atomic mass is 10.3. The quantitative estimate of drug-likeness (QED) is 0.655. The van der Waals surface area contributed by atoms with Crippen molar-refractivity contribution in [1.29, 1.82) is 0 Å². The second-order valence-corrected chi connectivity index (χ2v) is 5.54. The smallest absolute Gasteiger partial charge is 0.193 e. The molecule has 1 aromatic heterocycles. The number of nitrogens with two attached hydrogens (primary N) is 1. The molecule has 0 amide bonds. The van der Waals surface area contributed by atoms with Crippen LogP contribution in [0.2, 0.25) is 0 Å². The summed E-state index contributed by atoms with van der Waals surface area (Å²) in [6.45, 7) is 3.18. The van der Waals surface area contributed by atoms with Gasteiger partial charge in [0.15, 0.2) is 5.96 Å². The number of anilines is 2. The van der Waals surface area contributed by atoms with E-state index in [1.807, 2.05) is 18.2 Å². The maximum Gasteiger partial charge on any atom is 0.193 e. The number of aromatic nitrogens is 1. The van der Waals surface area contributed by atoms with Crippen LogP contribution in [-0.2, 0) is 11.3 Å². The number of benzene rings is 1. The van der Waals surface area contributed by atoms with Gasteiger partial charge < -0.3 is 20.7 Å². The van der Waals surface area contributed by atoms with Gasteiger partial charge in [0.05, 0.1) is 31.1 Å². The number of guanidine groups is 1. The molecular weight excluding hydrogens is 328 g/mol. The highest BCUT2D eigenvalue weighted by molar-refractivity contribution is 5.92. The van der Waals surface area contributed by atoms with Crippen molar-refractivity contribution in [2.24, 2.45) is 10.7 Å². The van der Waals surface area contributed by atoms with Gasteiger partial charge in [-0.25, -0.2) is 18.8 Å². The van der Waals surface area contributed by atoms with Crippen molar-refractivity contribution >= 4 is 17.5 Å². The minimum absolute atomic E-state index is 0.0110. The van der Waals surface area contributed by atoms with Gasteiger partial charge in [-0.05, 0) is 24.3 Å². The first kappa shape index (κ1) is 17.1. The monoisotopic (exact) mass is 347 g/mol. The van der Waals surface area contributed by atoms with Crippen molar-refractivity contribution in [2.75, 3.05) is 36.5 Å². The largest absolute Gasteiger partial charge is 0.378 e. The Kier molecular flexibility index (Phi) is 5.39. The van der Waals surface area contributed by atoms with Crippen LogP contribution in [0.5, 0.6) is 0 Å². The molecule has 1 aromatic carbocycles. The van der Waals surface area contributed by atoms with E-state index in [9.17, 15) is 8.78 Å². The molecule has 1 aliphatic rings. The summed E-state index contributed by atoms with van der Waals surface area (Å²) in [7, 11) is 0. The topological polar surface area (TPSA) is 75.8 Å². The zero-order valence-electron chi connectivity index (χ0n) is 13.6. The summed E-state index contributed by atoms with van der Waals surface area (Å²) >= 11 is 0. The lowest BCUT2D eigenvalue weighted by Crippen LogP contribution is -2.36. The number of halogens is 2. The molecule has 0 bridgehead atoms. The third-order valence-electron chi connectivity index (χ3n) is 3.73. The Morgan fingerprint density at radius 2 is 2.04 bits per heavy atom. The summed E-state index contributed by atoms with van der Waals surface area (Å²) in [6, 6.07) is 8.76. The second-order valence-electron chi connectivity index (χ2n) is 5.54. The predicted octanol–water partition coefficient (Wildman–Crippen LogP) is 2.12. The van der Waals surface area contributed by atoms with Crippen LogP contribution >= 0.6 is 0 Å². The van der Waals surface area contributed by atoms with E-state index in [4.69, 9.17) is 10.5 Å². The Hall–Kier alpha value is -2.74. The molecule has 0 atom stereocenters. The third kappa shape index (κ3) is 4.63. The van der Waals surface area contributed by atoms with Crippen molar-refractivity contribution in [3.8, 4) is 0 Å². The van der Waals surface area contributed by atoms with Crippen LogP contribution < -0.4 is 16.0 Å². The number of pyridine rings is 1. The van der Waals surface area contributed by atoms with E-state index in [0.29, 0.717) is 13.2 Å². The van der Waals surface area contributed by atoms with Crippen LogP contribution in [0.15, 0.2) is 41.4 Å². The zero-order chi connectivity index (χ0) is 17.6. The number of rotatable bonds is 4. The molecule has 2 aromatic rings. The molecule has 0 aliphatic carbocycles. The van der Waals surface area contributed by atoms with E-state index >= 15 is 0 Å². The van der Waals surface area contributed by atoms with E-state index in [-0.39, 0.29) is 18.2 Å². The lowest BCUT2D eigenvalue weighted by Gasteiger charge is -2.27. The van der Waals surface area contributed by atoms with E-state index in [1.54, 1.807) is 0 Å². The van der Waals surface area contributed by atoms with E-state index < -0.39 is 11.6 Å². The fourth-order valence-electron chi connectivity index (χ4n) is 2.46. The second kappa shape index (κ2) is 7.89. The minimum atomic E-state index is -0.605. The van der Waals surface area contributed by atoms with Gasteiger partial charge in [0.25, 0.3) is 0 Å². The molecule has 0 radical (unpaired) electrons. The van der Waals surface area contributed by atoms with Crippen molar-refractivity contribution in [2.45, 2.75) is 6.54 Å². The molecule has 25 heavy (non-hydrogen) atoms. The van der Waals surface area contributed by atoms with Crippen molar-refractivity contribution < 1.29 is 13.5 Å². The van der Waals surface area contributed by atoms with Gasteiger partial charge >= 0.3 is 0 Å². The van der Waals surface area contributed by atoms with Crippen molar-refractivity contribution in [3.63, 3.8) is 0 Å². The Morgan fingerprint density at radius 3 is 2.84 bits per heavy atom. The molecule has 6 nitrogen and oxygen atoms in total. The third-order valence-corrected chi connectivity index (χ3v) is 3.73. The fraction of sp³-hybridized carbons (Fsp3) is 0.294. The predicted molar refractivity (Wildman–Crippen MR) is 92.6 cm³/mol. The van der Waals surface area contributed by atoms with Gasteiger partial charge in [0, 0.05) is 19.2 Å². The highest BCUT2D eigenvalue weighted by atomic mass is 19.1. The molecule has 0 spiro atoms. The van der Waals surface area contributed by atoms with Crippen LogP contribution in [0.25, 0.3) is 0 Å². The van der Waals surface area contributed by atoms with Crippen molar-refractivity contribution in [3.05, 3.63) is 53.7 Å². The number of hydrogen-bond acceptors (Lipinski definition) is 4. The number of ether oxygens (including phenoxy) is 1. The number of hydrogen-bond donors (Lipinski definition) is 2. The molecule has 0 unspecified atom stereocenters. The molecule has 0 saturated carbocycles. The molecule has 8 heteroatoms. The molecule has 1 aliphatic heterocycles. The molecule has 132 valence electrons. The average Bonchev–Trinajstić information content (AvgIpc) is 2.64. The summed E-state index contributed by atoms with van der Waals surface area (Å²) in [5.41, 5.74) is 6.42. The summed E-state index contributed by atoms with van der Waals surface area (Å²) in [5.74, 6) is -0.314. The molecule has 3 rings (SSSR count). The minimum Gasteiger partial charge on any atom is -0.378 e. The Morgan fingerprint density at radius 1 is 1.24 bits per heavy atom. The summed E-state index contributed by atoms with van der Waals surface area (Å²) in [4.78, 5) is 10.8. The molecule has 1 saturated heterocycles. The number of morpholine rings is 1. The SMILES string of the molecule is NC(=NCc1cccc(N2CCOCC2)n1)Nc1cc(F)ccc1F. The van der Waals surface area contributed by atoms with Crippen LogP contribution in [0, 0.1) is 11.6 Å². The summed E-state index contributed by atoms with van der Waals surface area (Å²) < 4.78 is 32.1.